The maximum atomic E-state index is 13.2. The minimum absolute atomic E-state index is 0. The molecule has 0 radical (unpaired) electrons. The number of aliphatic hydroxyl groups excluding tert-OH is 1. The second-order valence-corrected chi connectivity index (χ2v) is 9.39. The third-order valence-corrected chi connectivity index (χ3v) is 7.07. The van der Waals surface area contributed by atoms with Crippen molar-refractivity contribution in [2.24, 2.45) is 5.92 Å². The number of rotatable bonds is 8. The molecule has 2 heterocycles. The van der Waals surface area contributed by atoms with E-state index in [0.717, 1.165) is 82.5 Å². The van der Waals surface area contributed by atoms with Crippen molar-refractivity contribution >= 4 is 30.6 Å². The van der Waals surface area contributed by atoms with E-state index >= 15 is 0 Å². The highest BCUT2D eigenvalue weighted by atomic mass is 35.5. The van der Waals surface area contributed by atoms with Gasteiger partial charge in [-0.25, -0.2) is 4.39 Å². The zero-order chi connectivity index (χ0) is 22.3. The lowest BCUT2D eigenvalue weighted by Crippen LogP contribution is -2.35. The summed E-state index contributed by atoms with van der Waals surface area (Å²) in [4.78, 5) is 17.6. The molecular formula is C27H37Cl2FN2O2. The summed E-state index contributed by atoms with van der Waals surface area (Å²) in [7, 11) is 0. The van der Waals surface area contributed by atoms with E-state index in [-0.39, 0.29) is 43.0 Å². The molecule has 34 heavy (non-hydrogen) atoms. The molecule has 1 fully saturated rings. The van der Waals surface area contributed by atoms with Gasteiger partial charge in [-0.2, -0.15) is 0 Å². The Morgan fingerprint density at radius 2 is 1.71 bits per heavy atom. The van der Waals surface area contributed by atoms with Crippen LogP contribution in [-0.4, -0.2) is 53.5 Å². The number of ketones is 1. The van der Waals surface area contributed by atoms with Crippen molar-refractivity contribution in [3.05, 3.63) is 70.5 Å². The summed E-state index contributed by atoms with van der Waals surface area (Å²) in [5, 5.41) is 9.09. The van der Waals surface area contributed by atoms with Gasteiger partial charge in [0.25, 0.3) is 0 Å². The average Bonchev–Trinajstić information content (AvgIpc) is 3.01. The summed E-state index contributed by atoms with van der Waals surface area (Å²) >= 11 is 0. The normalized spacial score (nSPS) is 17.2. The van der Waals surface area contributed by atoms with Crippen LogP contribution in [-0.2, 0) is 19.5 Å². The summed E-state index contributed by atoms with van der Waals surface area (Å²) in [5.41, 5.74) is 4.56. The molecule has 2 aromatic rings. The molecule has 7 heteroatoms. The summed E-state index contributed by atoms with van der Waals surface area (Å²) < 4.78 is 13.2. The Morgan fingerprint density at radius 3 is 2.41 bits per heavy atom. The van der Waals surface area contributed by atoms with Crippen LogP contribution in [0.1, 0.15) is 59.2 Å². The van der Waals surface area contributed by atoms with Gasteiger partial charge in [0, 0.05) is 31.6 Å². The highest BCUT2D eigenvalue weighted by molar-refractivity contribution is 5.96. The van der Waals surface area contributed by atoms with Gasteiger partial charge in [-0.3, -0.25) is 9.69 Å². The number of likely N-dealkylation sites (tertiary alicyclic amines) is 1. The van der Waals surface area contributed by atoms with Crippen LogP contribution in [0, 0.1) is 11.7 Å². The predicted molar refractivity (Wildman–Crippen MR) is 140 cm³/mol. The fourth-order valence-corrected chi connectivity index (χ4v) is 5.11. The number of hydrogen-bond acceptors (Lipinski definition) is 4. The van der Waals surface area contributed by atoms with Crippen LogP contribution in [0.15, 0.2) is 42.5 Å². The highest BCUT2D eigenvalue weighted by Crippen LogP contribution is 2.25. The number of nitrogens with zero attached hydrogens (tertiary/aromatic N) is 2. The molecule has 188 valence electrons. The Bertz CT molecular complexity index is 902. The van der Waals surface area contributed by atoms with E-state index in [1.165, 1.54) is 23.3 Å². The third-order valence-electron chi connectivity index (χ3n) is 7.07. The van der Waals surface area contributed by atoms with Gasteiger partial charge < -0.3 is 10.0 Å². The van der Waals surface area contributed by atoms with Crippen molar-refractivity contribution in [1.82, 2.24) is 9.80 Å². The lowest BCUT2D eigenvalue weighted by molar-refractivity contribution is 0.0958. The van der Waals surface area contributed by atoms with Crippen LogP contribution < -0.4 is 0 Å². The lowest BCUT2D eigenvalue weighted by Gasteiger charge is -2.31. The fraction of sp³-hybridized carbons (Fsp3) is 0.519. The molecule has 0 aliphatic carbocycles. The number of piperidine rings is 1. The molecule has 1 saturated heterocycles. The Morgan fingerprint density at radius 1 is 0.971 bits per heavy atom. The number of aliphatic hydroxyl groups is 1. The first-order valence-corrected chi connectivity index (χ1v) is 12.1. The van der Waals surface area contributed by atoms with Crippen molar-refractivity contribution in [2.75, 3.05) is 32.8 Å². The zero-order valence-electron chi connectivity index (χ0n) is 19.8. The SMILES string of the molecule is Cl.Cl.O=C(CCC1CCN(CCO)CC1)c1ccc2c(c1)CN(Cc1ccc(F)cc1)CCC2. The topological polar surface area (TPSA) is 43.8 Å². The minimum Gasteiger partial charge on any atom is -0.395 e. The molecular weight excluding hydrogens is 474 g/mol. The van der Waals surface area contributed by atoms with Crippen LogP contribution in [0.25, 0.3) is 0 Å². The Labute approximate surface area is 215 Å². The minimum atomic E-state index is -0.200. The molecule has 0 aromatic heterocycles. The second kappa shape index (κ2) is 14.2. The molecule has 1 N–H and O–H groups in total. The number of fused-ring (bicyclic) bond motifs is 1. The molecule has 4 nitrogen and oxygen atoms in total. The van der Waals surface area contributed by atoms with Crippen molar-refractivity contribution in [1.29, 1.82) is 0 Å². The van der Waals surface area contributed by atoms with Gasteiger partial charge in [-0.1, -0.05) is 24.3 Å². The van der Waals surface area contributed by atoms with Crippen LogP contribution in [0.4, 0.5) is 4.39 Å². The second-order valence-electron chi connectivity index (χ2n) is 9.39. The van der Waals surface area contributed by atoms with Crippen LogP contribution >= 0.6 is 24.8 Å². The van der Waals surface area contributed by atoms with Gasteiger partial charge >= 0.3 is 0 Å². The number of aryl methyl sites for hydroxylation is 1. The average molecular weight is 512 g/mol. The molecule has 0 saturated carbocycles. The fourth-order valence-electron chi connectivity index (χ4n) is 5.11. The van der Waals surface area contributed by atoms with E-state index in [9.17, 15) is 9.18 Å². The zero-order valence-corrected chi connectivity index (χ0v) is 21.4. The largest absolute Gasteiger partial charge is 0.395 e. The first-order chi connectivity index (χ1) is 15.6. The van der Waals surface area contributed by atoms with Crippen molar-refractivity contribution in [3.63, 3.8) is 0 Å². The van der Waals surface area contributed by atoms with Crippen LogP contribution in [0.5, 0.6) is 0 Å². The molecule has 2 aromatic carbocycles. The van der Waals surface area contributed by atoms with Crippen molar-refractivity contribution in [2.45, 2.75) is 51.6 Å². The van der Waals surface area contributed by atoms with E-state index < -0.39 is 0 Å². The smallest absolute Gasteiger partial charge is 0.162 e. The summed E-state index contributed by atoms with van der Waals surface area (Å²) in [6.45, 7) is 5.68. The Kier molecular flexibility index (Phi) is 12.0. The van der Waals surface area contributed by atoms with Gasteiger partial charge in [0.05, 0.1) is 6.61 Å². The summed E-state index contributed by atoms with van der Waals surface area (Å²) in [6.07, 6.45) is 5.94. The number of hydrogen-bond donors (Lipinski definition) is 1. The van der Waals surface area contributed by atoms with E-state index in [0.29, 0.717) is 12.3 Å². The van der Waals surface area contributed by atoms with Gasteiger partial charge in [0.2, 0.25) is 0 Å². The quantitative estimate of drug-likeness (QED) is 0.490. The number of halogens is 3. The lowest BCUT2D eigenvalue weighted by atomic mass is 9.90. The van der Waals surface area contributed by atoms with Crippen molar-refractivity contribution in [3.8, 4) is 0 Å². The van der Waals surface area contributed by atoms with Gasteiger partial charge in [0.1, 0.15) is 5.82 Å². The first kappa shape index (κ1) is 28.7. The number of benzene rings is 2. The van der Waals surface area contributed by atoms with Gasteiger partial charge in [0.15, 0.2) is 5.78 Å². The molecule has 0 amide bonds. The monoisotopic (exact) mass is 510 g/mol. The molecule has 4 rings (SSSR count). The third kappa shape index (κ3) is 8.03. The Balaban J connectivity index is 0.00000204. The predicted octanol–water partition coefficient (Wildman–Crippen LogP) is 5.28. The van der Waals surface area contributed by atoms with E-state index in [4.69, 9.17) is 5.11 Å². The Hall–Kier alpha value is -1.50. The molecule has 2 aliphatic rings. The number of Topliss-reactive ketones (excluding diaryl/α,β-unsaturated/α-hetero) is 1. The van der Waals surface area contributed by atoms with Crippen LogP contribution in [0.3, 0.4) is 0 Å². The number of β-amino-alcohol motifs (C(OH)–C–C–N with tert-alkyl or cyclic N) is 1. The van der Waals surface area contributed by atoms with Crippen molar-refractivity contribution < 1.29 is 14.3 Å². The molecule has 2 aliphatic heterocycles. The van der Waals surface area contributed by atoms with E-state index in [1.807, 2.05) is 18.2 Å². The standard InChI is InChI=1S/C27H35FN2O2.2ClH/c28-26-8-3-22(4-9-26)19-30-13-1-2-23-6-7-24(18-25(23)20-30)27(32)10-5-21-11-14-29(15-12-21)16-17-31;;/h3-4,6-9,18,21,31H,1-2,5,10-17,19-20H2;2*1H. The maximum absolute atomic E-state index is 13.2. The van der Waals surface area contributed by atoms with Gasteiger partial charge in [-0.15, -0.1) is 24.8 Å². The molecule has 0 bridgehead atoms. The summed E-state index contributed by atoms with van der Waals surface area (Å²) in [5.74, 6) is 0.662. The van der Waals surface area contributed by atoms with E-state index in [2.05, 4.69) is 21.9 Å². The highest BCUT2D eigenvalue weighted by Gasteiger charge is 2.21. The summed E-state index contributed by atoms with van der Waals surface area (Å²) in [6, 6.07) is 13.0. The van der Waals surface area contributed by atoms with E-state index in [1.54, 1.807) is 0 Å². The molecule has 0 atom stereocenters. The maximum Gasteiger partial charge on any atom is 0.162 e. The number of carbonyl (C=O) groups excluding carboxylic acids is 1. The number of carbonyl (C=O) groups is 1. The van der Waals surface area contributed by atoms with Gasteiger partial charge in [-0.05, 0) is 92.5 Å². The molecule has 0 unspecified atom stereocenters. The molecule has 0 spiro atoms. The first-order valence-electron chi connectivity index (χ1n) is 12.1. The van der Waals surface area contributed by atoms with Crippen LogP contribution in [0.2, 0.25) is 0 Å².